The van der Waals surface area contributed by atoms with Crippen LogP contribution in [0.15, 0.2) is 54.4 Å². The number of alkyl halides is 2. The topological polar surface area (TPSA) is 90.1 Å². The second-order valence-electron chi connectivity index (χ2n) is 10.7. The summed E-state index contributed by atoms with van der Waals surface area (Å²) in [5.41, 5.74) is 4.21. The molecule has 5 heterocycles. The molecular weight excluding hydrogens is 596 g/mol. The summed E-state index contributed by atoms with van der Waals surface area (Å²) in [5, 5.41) is 10.6. The fraction of sp³-hybridized carbons (Fsp3) is 0.333. The lowest BCUT2D eigenvalue weighted by Crippen LogP contribution is -2.36. The first-order chi connectivity index (χ1) is 20.9. The van der Waals surface area contributed by atoms with Gasteiger partial charge in [-0.2, -0.15) is 5.10 Å². The van der Waals surface area contributed by atoms with E-state index >= 15 is 4.39 Å². The minimum Gasteiger partial charge on any atom is -0.378 e. The molecule has 2 unspecified atom stereocenters. The molecule has 5 aromatic rings. The fourth-order valence-electron chi connectivity index (χ4n) is 5.97. The zero-order chi connectivity index (χ0) is 29.7. The number of carbonyl (C=O) groups excluding carboxylic acids is 1. The first-order valence-electron chi connectivity index (χ1n) is 14.0. The number of anilines is 2. The molecule has 43 heavy (non-hydrogen) atoms. The molecule has 13 heteroatoms. The normalized spacial score (nSPS) is 18.1. The largest absolute Gasteiger partial charge is 0.378 e. The SMILES string of the molecule is CC(F)c1c(-c2ccc(N3CCOCC3)cc2)cc(Cl)c2cn(C(C(=O)Nc3nccs3)c3ncn4c3C[C@@H](F)C4)nc12. The van der Waals surface area contributed by atoms with Crippen molar-refractivity contribution in [3.63, 3.8) is 0 Å². The minimum absolute atomic E-state index is 0.134. The number of fused-ring (bicyclic) bond motifs is 2. The molecule has 3 aromatic heterocycles. The Morgan fingerprint density at radius 1 is 1.21 bits per heavy atom. The first kappa shape index (κ1) is 27.9. The van der Waals surface area contributed by atoms with Gasteiger partial charge in [0.15, 0.2) is 11.2 Å². The lowest BCUT2D eigenvalue weighted by atomic mass is 9.95. The molecule has 0 radical (unpaired) electrons. The van der Waals surface area contributed by atoms with E-state index in [1.165, 1.54) is 29.3 Å². The van der Waals surface area contributed by atoms with Crippen LogP contribution in [0.4, 0.5) is 19.6 Å². The second kappa shape index (κ2) is 11.3. The predicted molar refractivity (Wildman–Crippen MR) is 162 cm³/mol. The summed E-state index contributed by atoms with van der Waals surface area (Å²) in [6, 6.07) is 8.63. The lowest BCUT2D eigenvalue weighted by molar-refractivity contribution is -0.118. The van der Waals surface area contributed by atoms with Crippen molar-refractivity contribution in [3.8, 4) is 11.1 Å². The lowest BCUT2D eigenvalue weighted by Gasteiger charge is -2.29. The number of rotatable bonds is 7. The van der Waals surface area contributed by atoms with Gasteiger partial charge in [-0.05, 0) is 36.2 Å². The molecule has 1 amide bonds. The highest BCUT2D eigenvalue weighted by molar-refractivity contribution is 7.13. The van der Waals surface area contributed by atoms with Gasteiger partial charge < -0.3 is 14.2 Å². The molecule has 1 fully saturated rings. The Kier molecular flexibility index (Phi) is 7.36. The number of morpholine rings is 1. The van der Waals surface area contributed by atoms with Crippen molar-refractivity contribution in [1.82, 2.24) is 24.3 Å². The van der Waals surface area contributed by atoms with Crippen molar-refractivity contribution >= 4 is 50.6 Å². The van der Waals surface area contributed by atoms with Gasteiger partial charge in [-0.15, -0.1) is 11.3 Å². The number of nitrogens with zero attached hydrogens (tertiary/aromatic N) is 6. The van der Waals surface area contributed by atoms with Crippen molar-refractivity contribution in [3.05, 3.63) is 76.4 Å². The molecule has 1 saturated heterocycles. The van der Waals surface area contributed by atoms with E-state index < -0.39 is 24.3 Å². The molecule has 1 N–H and O–H groups in total. The second-order valence-corrected chi connectivity index (χ2v) is 12.0. The van der Waals surface area contributed by atoms with Gasteiger partial charge in [-0.25, -0.2) is 18.7 Å². The molecular formula is C30H28ClF2N7O2S. The van der Waals surface area contributed by atoms with Crippen molar-refractivity contribution < 1.29 is 18.3 Å². The van der Waals surface area contributed by atoms with Crippen LogP contribution in [-0.2, 0) is 22.5 Å². The van der Waals surface area contributed by atoms with E-state index in [2.05, 4.69) is 20.2 Å². The maximum atomic E-state index is 15.5. The average Bonchev–Trinajstić information content (AvgIpc) is 3.80. The highest BCUT2D eigenvalue weighted by atomic mass is 35.5. The molecule has 9 nitrogen and oxygen atoms in total. The van der Waals surface area contributed by atoms with Gasteiger partial charge in [0.2, 0.25) is 0 Å². The molecule has 222 valence electrons. The summed E-state index contributed by atoms with van der Waals surface area (Å²) in [6.45, 7) is 4.62. The fourth-order valence-corrected chi connectivity index (χ4v) is 6.75. The molecule has 0 aliphatic carbocycles. The molecule has 0 spiro atoms. The maximum absolute atomic E-state index is 15.5. The van der Waals surface area contributed by atoms with E-state index in [4.69, 9.17) is 21.4 Å². The third kappa shape index (κ3) is 5.17. The van der Waals surface area contributed by atoms with E-state index in [1.54, 1.807) is 28.4 Å². The van der Waals surface area contributed by atoms with Crippen molar-refractivity contribution in [1.29, 1.82) is 0 Å². The molecule has 0 bridgehead atoms. The summed E-state index contributed by atoms with van der Waals surface area (Å²) in [4.78, 5) is 24.7. The summed E-state index contributed by atoms with van der Waals surface area (Å²) in [6.07, 6.45) is 2.44. The predicted octanol–water partition coefficient (Wildman–Crippen LogP) is 6.00. The molecule has 2 aliphatic rings. The van der Waals surface area contributed by atoms with E-state index in [1.807, 2.05) is 24.3 Å². The van der Waals surface area contributed by atoms with E-state index in [0.717, 1.165) is 24.3 Å². The minimum atomic E-state index is -1.39. The van der Waals surface area contributed by atoms with Gasteiger partial charge in [0, 0.05) is 59.6 Å². The number of hydrogen-bond donors (Lipinski definition) is 1. The number of amides is 1. The standard InChI is InChI=1S/C30H28ClF2N7O2S/c1-17(32)25-21(18-2-4-20(5-3-18)38-7-9-42-10-8-38)13-23(31)22-15-40(37-26(22)25)28(29(41)36-30-34-6-11-43-30)27-24-12-19(33)14-39(24)16-35-27/h2-6,11,13,15-17,19,28H,7-10,12,14H2,1H3,(H,34,36,41)/t17?,19-,28?/m1/s1. The Hall–Kier alpha value is -3.87. The monoisotopic (exact) mass is 623 g/mol. The summed E-state index contributed by atoms with van der Waals surface area (Å²) < 4.78 is 38.5. The van der Waals surface area contributed by atoms with Crippen LogP contribution < -0.4 is 10.2 Å². The summed E-state index contributed by atoms with van der Waals surface area (Å²) in [5.74, 6) is -0.448. The maximum Gasteiger partial charge on any atom is 0.257 e. The van der Waals surface area contributed by atoms with Crippen molar-refractivity contribution in [2.24, 2.45) is 0 Å². The number of aromatic nitrogens is 5. The van der Waals surface area contributed by atoms with Crippen LogP contribution in [0.1, 0.15) is 36.1 Å². The summed E-state index contributed by atoms with van der Waals surface area (Å²) in [7, 11) is 0. The number of benzene rings is 2. The van der Waals surface area contributed by atoms with E-state index in [0.29, 0.717) is 56.8 Å². The van der Waals surface area contributed by atoms with E-state index in [9.17, 15) is 9.18 Å². The van der Waals surface area contributed by atoms with Crippen LogP contribution in [0.2, 0.25) is 5.02 Å². The average molecular weight is 624 g/mol. The van der Waals surface area contributed by atoms with Crippen LogP contribution in [0.3, 0.4) is 0 Å². The molecule has 2 aliphatic heterocycles. The van der Waals surface area contributed by atoms with Crippen molar-refractivity contribution in [2.75, 3.05) is 36.5 Å². The first-order valence-corrected chi connectivity index (χ1v) is 15.3. The Bertz CT molecular complexity index is 1780. The van der Waals surface area contributed by atoms with Gasteiger partial charge in [0.05, 0.1) is 36.8 Å². The summed E-state index contributed by atoms with van der Waals surface area (Å²) >= 11 is 8.09. The van der Waals surface area contributed by atoms with Crippen LogP contribution >= 0.6 is 22.9 Å². The third-order valence-electron chi connectivity index (χ3n) is 7.98. The number of imidazole rings is 1. The zero-order valence-corrected chi connectivity index (χ0v) is 24.8. The number of nitrogens with one attached hydrogen (secondary N) is 1. The molecule has 2 aromatic carbocycles. The Morgan fingerprint density at radius 2 is 2.00 bits per heavy atom. The molecule has 3 atom stereocenters. The smallest absolute Gasteiger partial charge is 0.257 e. The Balaban J connectivity index is 1.33. The van der Waals surface area contributed by atoms with Gasteiger partial charge in [0.1, 0.15) is 17.9 Å². The van der Waals surface area contributed by atoms with Crippen LogP contribution in [0, 0.1) is 0 Å². The number of halogens is 3. The Morgan fingerprint density at radius 3 is 2.72 bits per heavy atom. The van der Waals surface area contributed by atoms with Crippen LogP contribution in [0.25, 0.3) is 22.0 Å². The third-order valence-corrected chi connectivity index (χ3v) is 8.98. The molecule has 0 saturated carbocycles. The quantitative estimate of drug-likeness (QED) is 0.239. The van der Waals surface area contributed by atoms with Gasteiger partial charge >= 0.3 is 0 Å². The highest BCUT2D eigenvalue weighted by Gasteiger charge is 2.35. The van der Waals surface area contributed by atoms with Crippen LogP contribution in [-0.4, -0.2) is 62.7 Å². The van der Waals surface area contributed by atoms with Crippen LogP contribution in [0.5, 0.6) is 0 Å². The van der Waals surface area contributed by atoms with Gasteiger partial charge in [0.25, 0.3) is 5.91 Å². The number of ether oxygens (including phenoxy) is 1. The number of thiazole rings is 1. The van der Waals surface area contributed by atoms with Gasteiger partial charge in [-0.3, -0.25) is 14.8 Å². The van der Waals surface area contributed by atoms with Gasteiger partial charge in [-0.1, -0.05) is 23.7 Å². The number of hydrogen-bond acceptors (Lipinski definition) is 7. The van der Waals surface area contributed by atoms with Crippen molar-refractivity contribution in [2.45, 2.75) is 38.3 Å². The Labute approximate surface area is 255 Å². The van der Waals surface area contributed by atoms with E-state index in [-0.39, 0.29) is 13.0 Å². The molecule has 7 rings (SSSR count). The zero-order valence-electron chi connectivity index (χ0n) is 23.2. The highest BCUT2D eigenvalue weighted by Crippen LogP contribution is 2.41. The number of carbonyl (C=O) groups is 1.